The van der Waals surface area contributed by atoms with Crippen molar-refractivity contribution in [2.24, 2.45) is 0 Å². The van der Waals surface area contributed by atoms with Crippen molar-refractivity contribution in [1.82, 2.24) is 0 Å². The molecule has 0 aromatic heterocycles. The average molecular weight is 479 g/mol. The lowest BCUT2D eigenvalue weighted by atomic mass is 10.00. The van der Waals surface area contributed by atoms with Gasteiger partial charge in [-0.3, -0.25) is 4.79 Å². The van der Waals surface area contributed by atoms with E-state index in [4.69, 9.17) is 18.9 Å². The first-order valence-electron chi connectivity index (χ1n) is 8.16. The Hall–Kier alpha value is -2.46. The summed E-state index contributed by atoms with van der Waals surface area (Å²) in [7, 11) is 2.92. The smallest absolute Gasteiger partial charge is 0.495 e. The Bertz CT molecular complexity index is 839. The summed E-state index contributed by atoms with van der Waals surface area (Å²) < 4.78 is 62.8. The van der Waals surface area contributed by atoms with Crippen LogP contribution in [0.5, 0.6) is 17.2 Å². The number of methoxy groups -OCH3 is 2. The number of alkyl halides is 3. The largest absolute Gasteiger partial charge is 0.573 e. The van der Waals surface area contributed by atoms with Crippen LogP contribution < -0.4 is 14.2 Å². The molecule has 0 saturated carbocycles. The van der Waals surface area contributed by atoms with Crippen LogP contribution in [0.2, 0.25) is 0 Å². The summed E-state index contributed by atoms with van der Waals surface area (Å²) in [5.41, 5.74) is 0.850. The standard InChI is InChI=1S/C19H18BrF3O6/c1-11(24)28-18(12-4-6-13(7-5-12)29-19(21,22)23)14-8-15(20)17(26-3)9-16(14)27-10-25-2/h4-9,18H,10H2,1-3H3. The van der Waals surface area contributed by atoms with Crippen LogP contribution >= 0.6 is 15.9 Å². The van der Waals surface area contributed by atoms with E-state index >= 15 is 0 Å². The Balaban J connectivity index is 2.49. The van der Waals surface area contributed by atoms with Gasteiger partial charge in [0.15, 0.2) is 12.9 Å². The number of benzene rings is 2. The van der Waals surface area contributed by atoms with Crippen molar-refractivity contribution >= 4 is 21.9 Å². The number of esters is 1. The number of ether oxygens (including phenoxy) is 5. The molecular weight excluding hydrogens is 461 g/mol. The normalized spacial score (nSPS) is 12.2. The van der Waals surface area contributed by atoms with Gasteiger partial charge in [-0.25, -0.2) is 0 Å². The van der Waals surface area contributed by atoms with Gasteiger partial charge in [0.1, 0.15) is 17.2 Å². The van der Waals surface area contributed by atoms with Gasteiger partial charge in [-0.15, -0.1) is 13.2 Å². The van der Waals surface area contributed by atoms with Gasteiger partial charge in [-0.1, -0.05) is 12.1 Å². The second-order valence-corrected chi connectivity index (χ2v) is 6.54. The quantitative estimate of drug-likeness (QED) is 0.393. The summed E-state index contributed by atoms with van der Waals surface area (Å²) in [6.07, 6.45) is -5.76. The zero-order valence-electron chi connectivity index (χ0n) is 15.7. The van der Waals surface area contributed by atoms with Gasteiger partial charge < -0.3 is 23.7 Å². The lowest BCUT2D eigenvalue weighted by Crippen LogP contribution is -2.17. The molecule has 0 radical (unpaired) electrons. The molecule has 2 aromatic rings. The van der Waals surface area contributed by atoms with E-state index in [9.17, 15) is 18.0 Å². The minimum atomic E-state index is -4.81. The number of hydrogen-bond acceptors (Lipinski definition) is 6. The molecule has 1 unspecified atom stereocenters. The van der Waals surface area contributed by atoms with Crippen LogP contribution in [0.4, 0.5) is 13.2 Å². The molecule has 0 aliphatic heterocycles. The first kappa shape index (κ1) is 22.8. The number of carbonyl (C=O) groups is 1. The highest BCUT2D eigenvalue weighted by Gasteiger charge is 2.31. The fraction of sp³-hybridized carbons (Fsp3) is 0.316. The molecule has 29 heavy (non-hydrogen) atoms. The molecule has 158 valence electrons. The van der Waals surface area contributed by atoms with Crippen LogP contribution in [0.3, 0.4) is 0 Å². The van der Waals surface area contributed by atoms with Crippen molar-refractivity contribution in [2.75, 3.05) is 21.0 Å². The van der Waals surface area contributed by atoms with Crippen LogP contribution in [0, 0.1) is 0 Å². The minimum Gasteiger partial charge on any atom is -0.495 e. The van der Waals surface area contributed by atoms with Gasteiger partial charge in [0, 0.05) is 25.7 Å². The highest BCUT2D eigenvalue weighted by atomic mass is 79.9. The third kappa shape index (κ3) is 6.53. The highest BCUT2D eigenvalue weighted by Crippen LogP contribution is 2.40. The maximum absolute atomic E-state index is 12.4. The Labute approximate surface area is 173 Å². The van der Waals surface area contributed by atoms with E-state index < -0.39 is 24.2 Å². The second-order valence-electron chi connectivity index (χ2n) is 5.68. The number of carbonyl (C=O) groups excluding carboxylic acids is 1. The van der Waals surface area contributed by atoms with Crippen molar-refractivity contribution in [2.45, 2.75) is 19.4 Å². The topological polar surface area (TPSA) is 63.2 Å². The van der Waals surface area contributed by atoms with Gasteiger partial charge in [0.25, 0.3) is 0 Å². The fourth-order valence-corrected chi connectivity index (χ4v) is 3.00. The van der Waals surface area contributed by atoms with E-state index in [0.717, 1.165) is 12.1 Å². The number of rotatable bonds is 8. The van der Waals surface area contributed by atoms with Gasteiger partial charge in [0.05, 0.1) is 11.6 Å². The number of hydrogen-bond donors (Lipinski definition) is 0. The fourth-order valence-electron chi connectivity index (χ4n) is 2.48. The molecule has 0 fully saturated rings. The number of halogens is 4. The molecule has 2 rings (SSSR count). The maximum Gasteiger partial charge on any atom is 0.573 e. The Morgan fingerprint density at radius 1 is 1.10 bits per heavy atom. The van der Waals surface area contributed by atoms with E-state index in [1.807, 2.05) is 0 Å². The van der Waals surface area contributed by atoms with Crippen molar-refractivity contribution in [1.29, 1.82) is 0 Å². The molecule has 0 aliphatic rings. The van der Waals surface area contributed by atoms with Crippen LogP contribution in [0.25, 0.3) is 0 Å². The molecule has 0 amide bonds. The predicted octanol–water partition coefficient (Wildman–Crippen LogP) is 4.99. The lowest BCUT2D eigenvalue weighted by Gasteiger charge is -2.22. The molecule has 0 saturated heterocycles. The third-order valence-corrected chi connectivity index (χ3v) is 4.22. The van der Waals surface area contributed by atoms with E-state index in [1.54, 1.807) is 12.1 Å². The summed E-state index contributed by atoms with van der Waals surface area (Å²) in [6, 6.07) is 8.22. The molecule has 0 heterocycles. The zero-order valence-corrected chi connectivity index (χ0v) is 17.3. The van der Waals surface area contributed by atoms with E-state index in [2.05, 4.69) is 20.7 Å². The maximum atomic E-state index is 12.4. The molecular formula is C19H18BrF3O6. The van der Waals surface area contributed by atoms with Gasteiger partial charge in [0.2, 0.25) is 0 Å². The van der Waals surface area contributed by atoms with E-state index in [-0.39, 0.29) is 6.79 Å². The second kappa shape index (κ2) is 9.84. The summed E-state index contributed by atoms with van der Waals surface area (Å²) in [5.74, 6) is -0.200. The van der Waals surface area contributed by atoms with Crippen LogP contribution in [-0.2, 0) is 14.3 Å². The van der Waals surface area contributed by atoms with Crippen molar-refractivity contribution < 1.29 is 41.7 Å². The SMILES string of the molecule is COCOc1cc(OC)c(Br)cc1C(OC(C)=O)c1ccc(OC(F)(F)F)cc1. The molecule has 0 N–H and O–H groups in total. The monoisotopic (exact) mass is 478 g/mol. The van der Waals surface area contributed by atoms with Crippen molar-refractivity contribution in [3.05, 3.63) is 52.0 Å². The molecule has 0 bridgehead atoms. The Morgan fingerprint density at radius 2 is 1.76 bits per heavy atom. The lowest BCUT2D eigenvalue weighted by molar-refractivity contribution is -0.274. The highest BCUT2D eigenvalue weighted by molar-refractivity contribution is 9.10. The first-order valence-corrected chi connectivity index (χ1v) is 8.96. The molecule has 10 heteroatoms. The molecule has 0 spiro atoms. The average Bonchev–Trinajstić information content (AvgIpc) is 2.64. The first-order chi connectivity index (χ1) is 13.6. The Kier molecular flexibility index (Phi) is 7.74. The minimum absolute atomic E-state index is 0.0804. The Morgan fingerprint density at radius 3 is 2.28 bits per heavy atom. The summed E-state index contributed by atoms with van der Waals surface area (Å²) in [4.78, 5) is 11.7. The van der Waals surface area contributed by atoms with Gasteiger partial charge in [-0.05, 0) is 39.7 Å². The van der Waals surface area contributed by atoms with E-state index in [1.165, 1.54) is 33.3 Å². The molecule has 1 atom stereocenters. The summed E-state index contributed by atoms with van der Waals surface area (Å²) >= 11 is 3.36. The molecule has 2 aromatic carbocycles. The predicted molar refractivity (Wildman–Crippen MR) is 99.9 cm³/mol. The van der Waals surface area contributed by atoms with Crippen LogP contribution in [-0.4, -0.2) is 33.3 Å². The molecule has 6 nitrogen and oxygen atoms in total. The molecule has 0 aliphatic carbocycles. The van der Waals surface area contributed by atoms with E-state index in [0.29, 0.717) is 27.1 Å². The van der Waals surface area contributed by atoms with Crippen LogP contribution in [0.1, 0.15) is 24.2 Å². The van der Waals surface area contributed by atoms with Crippen LogP contribution in [0.15, 0.2) is 40.9 Å². The van der Waals surface area contributed by atoms with Crippen molar-refractivity contribution in [3.63, 3.8) is 0 Å². The third-order valence-electron chi connectivity index (χ3n) is 3.60. The van der Waals surface area contributed by atoms with Crippen molar-refractivity contribution in [3.8, 4) is 17.2 Å². The zero-order chi connectivity index (χ0) is 21.6. The summed E-state index contributed by atoms with van der Waals surface area (Å²) in [6.45, 7) is 1.14. The summed E-state index contributed by atoms with van der Waals surface area (Å²) in [5, 5.41) is 0. The van der Waals surface area contributed by atoms with Gasteiger partial charge >= 0.3 is 12.3 Å². The van der Waals surface area contributed by atoms with Gasteiger partial charge in [-0.2, -0.15) is 0 Å².